The lowest BCUT2D eigenvalue weighted by Gasteiger charge is -2.32. The SMILES string of the molecule is CCCCNC(=O)c1ccc2c(c1)C(=C(Nc1ccc(CN3CCN(C)CC3)cc1)c1ccccc1)C(=O)N2. The Morgan fingerprint density at radius 1 is 0.923 bits per heavy atom. The zero-order valence-electron chi connectivity index (χ0n) is 22.8. The third kappa shape index (κ3) is 6.38. The zero-order chi connectivity index (χ0) is 27.2. The lowest BCUT2D eigenvalue weighted by molar-refractivity contribution is -0.110. The van der Waals surface area contributed by atoms with Gasteiger partial charge in [-0.3, -0.25) is 14.5 Å². The quantitative estimate of drug-likeness (QED) is 0.275. The maximum atomic E-state index is 13.3. The second-order valence-electron chi connectivity index (χ2n) is 10.3. The minimum absolute atomic E-state index is 0.130. The smallest absolute Gasteiger partial charge is 0.258 e. The molecule has 3 N–H and O–H groups in total. The number of unbranched alkanes of at least 4 members (excludes halogenated alkanes) is 1. The van der Waals surface area contributed by atoms with Gasteiger partial charge in [0.15, 0.2) is 0 Å². The van der Waals surface area contributed by atoms with E-state index in [2.05, 4.69) is 64.0 Å². The second kappa shape index (κ2) is 12.3. The van der Waals surface area contributed by atoms with E-state index in [1.807, 2.05) is 42.5 Å². The molecule has 0 aliphatic carbocycles. The Labute approximate surface area is 230 Å². The molecule has 2 aliphatic heterocycles. The molecule has 2 amide bonds. The number of carbonyl (C=O) groups is 2. The molecular weight excluding hydrogens is 486 g/mol. The van der Waals surface area contributed by atoms with Crippen LogP contribution < -0.4 is 16.0 Å². The van der Waals surface area contributed by atoms with Gasteiger partial charge in [0, 0.05) is 61.8 Å². The monoisotopic (exact) mass is 523 g/mol. The van der Waals surface area contributed by atoms with Crippen LogP contribution in [-0.2, 0) is 11.3 Å². The van der Waals surface area contributed by atoms with Gasteiger partial charge in [-0.05, 0) is 54.9 Å². The average molecular weight is 524 g/mol. The van der Waals surface area contributed by atoms with Gasteiger partial charge in [-0.2, -0.15) is 0 Å². The lowest BCUT2D eigenvalue weighted by atomic mass is 9.98. The van der Waals surface area contributed by atoms with Crippen molar-refractivity contribution in [1.29, 1.82) is 0 Å². The first kappa shape index (κ1) is 26.7. The Morgan fingerprint density at radius 3 is 2.38 bits per heavy atom. The summed E-state index contributed by atoms with van der Waals surface area (Å²) in [5.41, 5.74) is 6.27. The molecule has 1 fully saturated rings. The number of benzene rings is 3. The van der Waals surface area contributed by atoms with Gasteiger partial charge in [0.1, 0.15) is 0 Å². The number of amides is 2. The summed E-state index contributed by atoms with van der Waals surface area (Å²) in [6, 6.07) is 23.7. The van der Waals surface area contributed by atoms with Gasteiger partial charge >= 0.3 is 0 Å². The fourth-order valence-electron chi connectivity index (χ4n) is 5.02. The molecule has 0 radical (unpaired) electrons. The Bertz CT molecular complexity index is 1340. The van der Waals surface area contributed by atoms with Crippen molar-refractivity contribution in [2.24, 2.45) is 0 Å². The molecule has 2 aliphatic rings. The predicted octanol–water partition coefficient (Wildman–Crippen LogP) is 4.90. The number of nitrogens with zero attached hydrogens (tertiary/aromatic N) is 2. The first-order chi connectivity index (χ1) is 19.0. The van der Waals surface area contributed by atoms with Crippen LogP contribution in [0.3, 0.4) is 0 Å². The molecule has 39 heavy (non-hydrogen) atoms. The zero-order valence-corrected chi connectivity index (χ0v) is 22.8. The van der Waals surface area contributed by atoms with Crippen molar-refractivity contribution in [1.82, 2.24) is 15.1 Å². The number of anilines is 2. The van der Waals surface area contributed by atoms with Gasteiger partial charge in [0.05, 0.1) is 11.3 Å². The van der Waals surface area contributed by atoms with Gasteiger partial charge in [-0.15, -0.1) is 0 Å². The van der Waals surface area contributed by atoms with Crippen LogP contribution in [0.4, 0.5) is 11.4 Å². The number of rotatable bonds is 9. The summed E-state index contributed by atoms with van der Waals surface area (Å²) in [6.07, 6.45) is 1.94. The van der Waals surface area contributed by atoms with Crippen LogP contribution in [0.25, 0.3) is 11.3 Å². The standard InChI is InChI=1S/C32H37N5O2/c1-3-4-16-33-31(38)25-12-15-28-27(21-25)29(32(39)35-28)30(24-8-6-5-7-9-24)34-26-13-10-23(11-14-26)22-37-19-17-36(2)18-20-37/h5-15,21,34H,3-4,16-20,22H2,1-2H3,(H,33,38)(H,35,39). The number of likely N-dealkylation sites (N-methyl/N-ethyl adjacent to an activating group) is 1. The Hall–Kier alpha value is -3.94. The highest BCUT2D eigenvalue weighted by Gasteiger charge is 2.29. The molecule has 202 valence electrons. The summed E-state index contributed by atoms with van der Waals surface area (Å²) < 4.78 is 0. The summed E-state index contributed by atoms with van der Waals surface area (Å²) in [5, 5.41) is 9.49. The van der Waals surface area contributed by atoms with Crippen LogP contribution in [0.2, 0.25) is 0 Å². The molecule has 0 saturated carbocycles. The van der Waals surface area contributed by atoms with E-state index in [4.69, 9.17) is 0 Å². The van der Waals surface area contributed by atoms with E-state index in [1.165, 1.54) is 5.56 Å². The largest absolute Gasteiger partial charge is 0.354 e. The Kier molecular flexibility index (Phi) is 8.39. The van der Waals surface area contributed by atoms with Gasteiger partial charge in [0.2, 0.25) is 0 Å². The first-order valence-corrected chi connectivity index (χ1v) is 13.8. The van der Waals surface area contributed by atoms with Crippen LogP contribution in [0.1, 0.15) is 46.8 Å². The lowest BCUT2D eigenvalue weighted by Crippen LogP contribution is -2.43. The molecule has 3 aromatic carbocycles. The fraction of sp³-hybridized carbons (Fsp3) is 0.312. The average Bonchev–Trinajstić information content (AvgIpc) is 3.29. The molecule has 0 spiro atoms. The third-order valence-electron chi connectivity index (χ3n) is 7.38. The number of hydrogen-bond acceptors (Lipinski definition) is 5. The van der Waals surface area contributed by atoms with E-state index in [9.17, 15) is 9.59 Å². The molecule has 0 atom stereocenters. The molecule has 3 aromatic rings. The van der Waals surface area contributed by atoms with E-state index in [0.29, 0.717) is 29.1 Å². The van der Waals surface area contributed by atoms with Crippen molar-refractivity contribution in [2.45, 2.75) is 26.3 Å². The number of piperazine rings is 1. The maximum Gasteiger partial charge on any atom is 0.258 e. The van der Waals surface area contributed by atoms with Crippen molar-refractivity contribution < 1.29 is 9.59 Å². The van der Waals surface area contributed by atoms with Crippen LogP contribution in [-0.4, -0.2) is 61.4 Å². The molecule has 0 bridgehead atoms. The molecule has 7 nitrogen and oxygen atoms in total. The molecule has 2 heterocycles. The van der Waals surface area contributed by atoms with Gasteiger partial charge in [0.25, 0.3) is 11.8 Å². The minimum Gasteiger partial charge on any atom is -0.354 e. The van der Waals surface area contributed by atoms with Crippen molar-refractivity contribution >= 4 is 34.5 Å². The van der Waals surface area contributed by atoms with E-state index >= 15 is 0 Å². The normalized spacial score (nSPS) is 16.9. The maximum absolute atomic E-state index is 13.3. The highest BCUT2D eigenvalue weighted by Crippen LogP contribution is 2.38. The Morgan fingerprint density at radius 2 is 1.67 bits per heavy atom. The number of hydrogen-bond donors (Lipinski definition) is 3. The van der Waals surface area contributed by atoms with Crippen LogP contribution >= 0.6 is 0 Å². The Balaban J connectivity index is 1.44. The molecule has 0 aromatic heterocycles. The molecule has 5 rings (SSSR count). The van der Waals surface area contributed by atoms with Crippen LogP contribution in [0.5, 0.6) is 0 Å². The van der Waals surface area contributed by atoms with Gasteiger partial charge < -0.3 is 20.9 Å². The van der Waals surface area contributed by atoms with Crippen molar-refractivity contribution in [3.8, 4) is 0 Å². The van der Waals surface area contributed by atoms with E-state index in [1.54, 1.807) is 6.07 Å². The molecule has 0 unspecified atom stereocenters. The summed E-state index contributed by atoms with van der Waals surface area (Å²) in [7, 11) is 2.17. The minimum atomic E-state index is -0.188. The number of nitrogens with one attached hydrogen (secondary N) is 3. The summed E-state index contributed by atoms with van der Waals surface area (Å²) in [6.45, 7) is 8.00. The third-order valence-corrected chi connectivity index (χ3v) is 7.38. The fourth-order valence-corrected chi connectivity index (χ4v) is 5.02. The topological polar surface area (TPSA) is 76.7 Å². The molecule has 1 saturated heterocycles. The predicted molar refractivity (Wildman–Crippen MR) is 158 cm³/mol. The van der Waals surface area contributed by atoms with Crippen molar-refractivity contribution in [3.63, 3.8) is 0 Å². The highest BCUT2D eigenvalue weighted by atomic mass is 16.2. The molecular formula is C32H37N5O2. The van der Waals surface area contributed by atoms with Crippen molar-refractivity contribution in [2.75, 3.05) is 50.4 Å². The number of fused-ring (bicyclic) bond motifs is 1. The molecule has 7 heteroatoms. The first-order valence-electron chi connectivity index (χ1n) is 13.8. The highest BCUT2D eigenvalue weighted by molar-refractivity contribution is 6.37. The van der Waals surface area contributed by atoms with E-state index in [-0.39, 0.29) is 11.8 Å². The van der Waals surface area contributed by atoms with Gasteiger partial charge in [-0.25, -0.2) is 0 Å². The van der Waals surface area contributed by atoms with Crippen LogP contribution in [0.15, 0.2) is 72.8 Å². The van der Waals surface area contributed by atoms with E-state index < -0.39 is 0 Å². The second-order valence-corrected chi connectivity index (χ2v) is 10.3. The van der Waals surface area contributed by atoms with Gasteiger partial charge in [-0.1, -0.05) is 55.8 Å². The summed E-state index contributed by atoms with van der Waals surface area (Å²) in [5.74, 6) is -0.318. The summed E-state index contributed by atoms with van der Waals surface area (Å²) in [4.78, 5) is 30.9. The number of carbonyl (C=O) groups excluding carboxylic acids is 2. The van der Waals surface area contributed by atoms with Crippen molar-refractivity contribution in [3.05, 3.63) is 95.1 Å². The van der Waals surface area contributed by atoms with E-state index in [0.717, 1.165) is 62.4 Å². The summed E-state index contributed by atoms with van der Waals surface area (Å²) >= 11 is 0. The van der Waals surface area contributed by atoms with Crippen LogP contribution in [0, 0.1) is 0 Å².